The average Bonchev–Trinajstić information content (AvgIpc) is 3.04. The molecule has 0 spiro atoms. The summed E-state index contributed by atoms with van der Waals surface area (Å²) in [5.41, 5.74) is 6.63. The zero-order valence-corrected chi connectivity index (χ0v) is 16.6. The van der Waals surface area contributed by atoms with Gasteiger partial charge in [-0.1, -0.05) is 41.1 Å². The van der Waals surface area contributed by atoms with E-state index in [1.807, 2.05) is 25.1 Å². The molecule has 1 atom stereocenters. The van der Waals surface area contributed by atoms with Crippen molar-refractivity contribution in [2.75, 3.05) is 6.61 Å². The van der Waals surface area contributed by atoms with E-state index < -0.39 is 5.54 Å². The Hall–Kier alpha value is -1.02. The summed E-state index contributed by atoms with van der Waals surface area (Å²) in [6.45, 7) is 1.87. The predicted molar refractivity (Wildman–Crippen MR) is 109 cm³/mol. The molecule has 2 aromatic rings. The third-order valence-electron chi connectivity index (χ3n) is 3.93. The highest BCUT2D eigenvalue weighted by Crippen LogP contribution is 2.23. The average molecular weight is 396 g/mol. The van der Waals surface area contributed by atoms with E-state index in [-0.39, 0.29) is 6.61 Å². The molecule has 25 heavy (non-hydrogen) atoms. The predicted octanol–water partition coefficient (Wildman–Crippen LogP) is 5.07. The molecular formula is C20H23Cl2NOS. The Morgan fingerprint density at radius 2 is 1.96 bits per heavy atom. The van der Waals surface area contributed by atoms with Gasteiger partial charge in [-0.05, 0) is 62.4 Å². The molecule has 0 saturated heterocycles. The molecule has 0 bridgehead atoms. The second-order valence-electron chi connectivity index (χ2n) is 6.48. The zero-order chi connectivity index (χ0) is 18.3. The van der Waals surface area contributed by atoms with Crippen molar-refractivity contribution in [3.8, 4) is 11.8 Å². The van der Waals surface area contributed by atoms with Gasteiger partial charge in [0.05, 0.1) is 21.5 Å². The highest BCUT2D eigenvalue weighted by Gasteiger charge is 2.16. The van der Waals surface area contributed by atoms with Crippen molar-refractivity contribution >= 4 is 34.5 Å². The van der Waals surface area contributed by atoms with Crippen LogP contribution in [0.25, 0.3) is 0 Å². The van der Waals surface area contributed by atoms with Gasteiger partial charge in [0.2, 0.25) is 0 Å². The van der Waals surface area contributed by atoms with Crippen LogP contribution < -0.4 is 5.73 Å². The second-order valence-corrected chi connectivity index (χ2v) is 8.46. The highest BCUT2D eigenvalue weighted by molar-refractivity contribution is 7.12. The number of aryl methyl sites for hydroxylation is 2. The molecule has 2 rings (SSSR count). The molecule has 0 radical (unpaired) electrons. The lowest BCUT2D eigenvalue weighted by Gasteiger charge is -2.20. The van der Waals surface area contributed by atoms with Crippen molar-refractivity contribution in [3.63, 3.8) is 0 Å². The van der Waals surface area contributed by atoms with Crippen molar-refractivity contribution < 1.29 is 5.11 Å². The Bertz CT molecular complexity index is 759. The van der Waals surface area contributed by atoms with Gasteiger partial charge in [0.1, 0.15) is 0 Å². The maximum absolute atomic E-state index is 9.20. The minimum Gasteiger partial charge on any atom is -0.394 e. The molecule has 0 aliphatic carbocycles. The smallest absolute Gasteiger partial charge is 0.0771 e. The number of hydrogen-bond acceptors (Lipinski definition) is 3. The number of aliphatic hydroxyl groups is 1. The Labute approximate surface area is 164 Å². The first-order valence-corrected chi connectivity index (χ1v) is 9.88. The quantitative estimate of drug-likeness (QED) is 0.507. The molecule has 1 aromatic heterocycles. The molecule has 1 unspecified atom stereocenters. The Morgan fingerprint density at radius 3 is 2.68 bits per heavy atom. The number of aliphatic hydroxyl groups excluding tert-OH is 1. The molecule has 0 aliphatic heterocycles. The largest absolute Gasteiger partial charge is 0.394 e. The fourth-order valence-electron chi connectivity index (χ4n) is 2.29. The van der Waals surface area contributed by atoms with Crippen LogP contribution in [0.1, 0.15) is 41.5 Å². The molecule has 3 N–H and O–H groups in total. The fourth-order valence-corrected chi connectivity index (χ4v) is 3.50. The summed E-state index contributed by atoms with van der Waals surface area (Å²) in [4.78, 5) is 2.33. The lowest BCUT2D eigenvalue weighted by atomic mass is 9.98. The van der Waals surface area contributed by atoms with Crippen LogP contribution in [-0.2, 0) is 12.8 Å². The van der Waals surface area contributed by atoms with Crippen LogP contribution in [0.5, 0.6) is 0 Å². The molecule has 0 aliphatic rings. The summed E-state index contributed by atoms with van der Waals surface area (Å²) in [7, 11) is 0. The van der Waals surface area contributed by atoms with E-state index in [9.17, 15) is 5.11 Å². The first-order chi connectivity index (χ1) is 11.9. The summed E-state index contributed by atoms with van der Waals surface area (Å²) in [5, 5.41) is 10.4. The van der Waals surface area contributed by atoms with E-state index >= 15 is 0 Å². The van der Waals surface area contributed by atoms with Gasteiger partial charge in [-0.2, -0.15) is 0 Å². The lowest BCUT2D eigenvalue weighted by molar-refractivity contribution is 0.201. The van der Waals surface area contributed by atoms with E-state index in [0.29, 0.717) is 10.0 Å². The Balaban J connectivity index is 1.77. The normalized spacial score (nSPS) is 13.2. The van der Waals surface area contributed by atoms with Crippen molar-refractivity contribution in [3.05, 3.63) is 55.7 Å². The van der Waals surface area contributed by atoms with E-state index in [2.05, 4.69) is 24.0 Å². The Morgan fingerprint density at radius 1 is 1.16 bits per heavy atom. The SMILES string of the molecule is CC(N)(CO)CCc1ccc(C#CCCCc2ccc(Cl)c(Cl)c2)s1. The van der Waals surface area contributed by atoms with Gasteiger partial charge >= 0.3 is 0 Å². The van der Waals surface area contributed by atoms with Gasteiger partial charge in [-0.25, -0.2) is 0 Å². The number of unbranched alkanes of at least 4 members (excludes halogenated alkanes) is 1. The van der Waals surface area contributed by atoms with Crippen LogP contribution in [0.3, 0.4) is 0 Å². The minimum atomic E-state index is -0.513. The first-order valence-electron chi connectivity index (χ1n) is 8.31. The number of nitrogens with two attached hydrogens (primary N) is 1. The number of benzene rings is 1. The highest BCUT2D eigenvalue weighted by atomic mass is 35.5. The van der Waals surface area contributed by atoms with Crippen LogP contribution in [0.2, 0.25) is 10.0 Å². The molecule has 134 valence electrons. The van der Waals surface area contributed by atoms with Gasteiger partial charge in [-0.15, -0.1) is 11.3 Å². The van der Waals surface area contributed by atoms with E-state index in [1.165, 1.54) is 10.4 Å². The Kier molecular flexibility index (Phi) is 7.81. The summed E-state index contributed by atoms with van der Waals surface area (Å²) in [5.74, 6) is 6.46. The number of rotatable bonds is 7. The van der Waals surface area contributed by atoms with Crippen molar-refractivity contribution in [2.24, 2.45) is 5.73 Å². The standard InChI is InChI=1S/C20H23Cl2NOS/c1-20(23,14-24)12-11-17-9-8-16(25-17)6-4-2-3-5-15-7-10-18(21)19(22)13-15/h7-10,13,24H,2-3,5,11-12,14,23H2,1H3. The van der Waals surface area contributed by atoms with Gasteiger partial charge < -0.3 is 10.8 Å². The zero-order valence-electron chi connectivity index (χ0n) is 14.3. The maximum Gasteiger partial charge on any atom is 0.0771 e. The van der Waals surface area contributed by atoms with Crippen LogP contribution in [0.15, 0.2) is 30.3 Å². The molecule has 5 heteroatoms. The molecular weight excluding hydrogens is 373 g/mol. The van der Waals surface area contributed by atoms with Crippen LogP contribution in [-0.4, -0.2) is 17.3 Å². The molecule has 1 aromatic carbocycles. The van der Waals surface area contributed by atoms with E-state index in [1.54, 1.807) is 11.3 Å². The summed E-state index contributed by atoms with van der Waals surface area (Å²) in [6.07, 6.45) is 4.42. The maximum atomic E-state index is 9.20. The summed E-state index contributed by atoms with van der Waals surface area (Å²) in [6, 6.07) is 9.91. The van der Waals surface area contributed by atoms with Crippen molar-refractivity contribution in [2.45, 2.75) is 44.6 Å². The lowest BCUT2D eigenvalue weighted by Crippen LogP contribution is -2.40. The topological polar surface area (TPSA) is 46.2 Å². The van der Waals surface area contributed by atoms with Crippen LogP contribution >= 0.6 is 34.5 Å². The minimum absolute atomic E-state index is 0.00384. The number of hydrogen-bond donors (Lipinski definition) is 2. The molecule has 0 saturated carbocycles. The van der Waals surface area contributed by atoms with Crippen LogP contribution in [0.4, 0.5) is 0 Å². The van der Waals surface area contributed by atoms with Crippen LogP contribution in [0, 0.1) is 11.8 Å². The number of thiophene rings is 1. The summed E-state index contributed by atoms with van der Waals surface area (Å²) < 4.78 is 0. The fraction of sp³-hybridized carbons (Fsp3) is 0.400. The van der Waals surface area contributed by atoms with Gasteiger partial charge in [0.15, 0.2) is 0 Å². The van der Waals surface area contributed by atoms with Crippen molar-refractivity contribution in [1.82, 2.24) is 0 Å². The molecule has 0 fully saturated rings. The molecule has 1 heterocycles. The molecule has 2 nitrogen and oxygen atoms in total. The van der Waals surface area contributed by atoms with E-state index in [4.69, 9.17) is 28.9 Å². The van der Waals surface area contributed by atoms with Crippen molar-refractivity contribution in [1.29, 1.82) is 0 Å². The summed E-state index contributed by atoms with van der Waals surface area (Å²) >= 11 is 13.6. The van der Waals surface area contributed by atoms with Gasteiger partial charge in [0.25, 0.3) is 0 Å². The van der Waals surface area contributed by atoms with Gasteiger partial charge in [0, 0.05) is 16.8 Å². The van der Waals surface area contributed by atoms with Gasteiger partial charge in [-0.3, -0.25) is 0 Å². The first kappa shape index (κ1) is 20.3. The monoisotopic (exact) mass is 395 g/mol. The molecule has 0 amide bonds. The third kappa shape index (κ3) is 7.01. The third-order valence-corrected chi connectivity index (χ3v) is 5.73. The second kappa shape index (κ2) is 9.62. The number of halogens is 2. The van der Waals surface area contributed by atoms with E-state index in [0.717, 1.165) is 37.0 Å².